The van der Waals surface area contributed by atoms with Crippen molar-refractivity contribution >= 4 is 40.0 Å². The van der Waals surface area contributed by atoms with Gasteiger partial charge in [0.15, 0.2) is 5.96 Å². The summed E-state index contributed by atoms with van der Waals surface area (Å²) in [6, 6.07) is 0. The molecule has 2 aliphatic rings. The molecule has 0 aromatic heterocycles. The predicted octanol–water partition coefficient (Wildman–Crippen LogP) is 0.663. The molecule has 0 aliphatic carbocycles. The number of morpholine rings is 1. The Morgan fingerprint density at radius 2 is 1.73 bits per heavy atom. The first-order valence-corrected chi connectivity index (χ1v) is 12.1. The van der Waals surface area contributed by atoms with Crippen molar-refractivity contribution in [2.75, 3.05) is 78.4 Å². The second-order valence-electron chi connectivity index (χ2n) is 8.43. The minimum absolute atomic E-state index is 0. The van der Waals surface area contributed by atoms with Gasteiger partial charge in [-0.3, -0.25) is 9.89 Å². The smallest absolute Gasteiger partial charge is 0.216 e. The zero-order valence-corrected chi connectivity index (χ0v) is 22.2. The first kappa shape index (κ1) is 27.8. The number of aliphatic imine (C=N–C) groups is 1. The van der Waals surface area contributed by atoms with Crippen LogP contribution in [0, 0.1) is 0 Å². The summed E-state index contributed by atoms with van der Waals surface area (Å²) in [4.78, 5) is 8.98. The van der Waals surface area contributed by atoms with Gasteiger partial charge in [0.25, 0.3) is 0 Å². The van der Waals surface area contributed by atoms with Gasteiger partial charge in [-0.15, -0.1) is 24.0 Å². The van der Waals surface area contributed by atoms with E-state index in [1.165, 1.54) is 0 Å². The minimum atomic E-state index is -3.28. The van der Waals surface area contributed by atoms with Crippen LogP contribution in [0.2, 0.25) is 0 Å². The van der Waals surface area contributed by atoms with Crippen molar-refractivity contribution in [1.82, 2.24) is 19.4 Å². The van der Waals surface area contributed by atoms with Crippen molar-refractivity contribution in [3.05, 3.63) is 0 Å². The fourth-order valence-corrected chi connectivity index (χ4v) is 4.89. The standard InChI is InChI=1S/C19H39N5O4S.HI/c1-17(2)28-14-15-29(25,26)24-8-6-22(7-9-24)18(20-5)21-16-19(3,4)23-10-12-27-13-11-23;/h17H,6-16H2,1-5H3,(H,20,21);1H. The number of nitrogens with one attached hydrogen (secondary N) is 1. The highest BCUT2D eigenvalue weighted by molar-refractivity contribution is 14.0. The second kappa shape index (κ2) is 12.7. The average molecular weight is 562 g/mol. The number of ether oxygens (including phenoxy) is 2. The summed E-state index contributed by atoms with van der Waals surface area (Å²) in [5, 5.41) is 3.48. The van der Waals surface area contributed by atoms with Crippen molar-refractivity contribution < 1.29 is 17.9 Å². The SMILES string of the molecule is CN=C(NCC(C)(C)N1CCOCC1)N1CCN(S(=O)(=O)CCOC(C)C)CC1.I. The first-order valence-electron chi connectivity index (χ1n) is 10.5. The molecule has 9 nitrogen and oxygen atoms in total. The summed E-state index contributed by atoms with van der Waals surface area (Å²) >= 11 is 0. The molecule has 0 aromatic carbocycles. The van der Waals surface area contributed by atoms with E-state index >= 15 is 0 Å². The van der Waals surface area contributed by atoms with Crippen LogP contribution in [-0.2, 0) is 19.5 Å². The Labute approximate surface area is 199 Å². The quantitative estimate of drug-likeness (QED) is 0.265. The van der Waals surface area contributed by atoms with Crippen LogP contribution >= 0.6 is 24.0 Å². The van der Waals surface area contributed by atoms with Crippen LogP contribution in [0.15, 0.2) is 4.99 Å². The van der Waals surface area contributed by atoms with Crippen LogP contribution in [0.5, 0.6) is 0 Å². The number of hydrogen-bond acceptors (Lipinski definition) is 6. The maximum Gasteiger partial charge on any atom is 0.216 e. The lowest BCUT2D eigenvalue weighted by molar-refractivity contribution is -0.00851. The molecule has 2 heterocycles. The van der Waals surface area contributed by atoms with Crippen molar-refractivity contribution in [2.24, 2.45) is 4.99 Å². The predicted molar refractivity (Wildman–Crippen MR) is 131 cm³/mol. The molecule has 0 atom stereocenters. The fraction of sp³-hybridized carbons (Fsp3) is 0.947. The monoisotopic (exact) mass is 561 g/mol. The Balaban J connectivity index is 0.00000450. The third-order valence-electron chi connectivity index (χ3n) is 5.48. The molecule has 2 aliphatic heterocycles. The Morgan fingerprint density at radius 3 is 2.27 bits per heavy atom. The fourth-order valence-electron chi connectivity index (χ4n) is 3.60. The molecular weight excluding hydrogens is 521 g/mol. The van der Waals surface area contributed by atoms with Crippen molar-refractivity contribution in [2.45, 2.75) is 39.3 Å². The lowest BCUT2D eigenvalue weighted by Gasteiger charge is -2.42. The number of nitrogens with zero attached hydrogens (tertiary/aromatic N) is 4. The maximum atomic E-state index is 12.5. The molecule has 0 saturated carbocycles. The zero-order valence-electron chi connectivity index (χ0n) is 19.1. The van der Waals surface area contributed by atoms with Crippen LogP contribution in [0.4, 0.5) is 0 Å². The number of sulfonamides is 1. The van der Waals surface area contributed by atoms with Gasteiger partial charge in [0, 0.05) is 58.4 Å². The Kier molecular flexibility index (Phi) is 11.8. The lowest BCUT2D eigenvalue weighted by atomic mass is 10.0. The van der Waals surface area contributed by atoms with Gasteiger partial charge in [-0.1, -0.05) is 0 Å². The number of hydrogen-bond donors (Lipinski definition) is 1. The molecule has 1 N–H and O–H groups in total. The van der Waals surface area contributed by atoms with Crippen LogP contribution < -0.4 is 5.32 Å². The molecule has 0 radical (unpaired) electrons. The van der Waals surface area contributed by atoms with Gasteiger partial charge < -0.3 is 19.7 Å². The molecule has 0 bridgehead atoms. The molecular formula is C19H40IN5O4S. The van der Waals surface area contributed by atoms with E-state index in [1.54, 1.807) is 11.4 Å². The molecule has 30 heavy (non-hydrogen) atoms. The van der Waals surface area contributed by atoms with Crippen LogP contribution in [-0.4, -0.2) is 119 Å². The highest BCUT2D eigenvalue weighted by Crippen LogP contribution is 2.15. The molecule has 2 rings (SSSR count). The van der Waals surface area contributed by atoms with E-state index in [0.717, 1.165) is 38.8 Å². The molecule has 0 aromatic rings. The van der Waals surface area contributed by atoms with Gasteiger partial charge in [0.1, 0.15) is 0 Å². The Morgan fingerprint density at radius 1 is 1.13 bits per heavy atom. The van der Waals surface area contributed by atoms with E-state index in [2.05, 4.69) is 34.0 Å². The van der Waals surface area contributed by atoms with E-state index < -0.39 is 10.0 Å². The van der Waals surface area contributed by atoms with Crippen molar-refractivity contribution in [3.63, 3.8) is 0 Å². The van der Waals surface area contributed by atoms with Crippen molar-refractivity contribution in [1.29, 1.82) is 0 Å². The minimum Gasteiger partial charge on any atom is -0.379 e. The summed E-state index contributed by atoms with van der Waals surface area (Å²) in [7, 11) is -1.51. The van der Waals surface area contributed by atoms with E-state index in [1.807, 2.05) is 13.8 Å². The summed E-state index contributed by atoms with van der Waals surface area (Å²) in [6.45, 7) is 14.9. The van der Waals surface area contributed by atoms with Gasteiger partial charge in [0.05, 0.1) is 31.7 Å². The lowest BCUT2D eigenvalue weighted by Crippen LogP contribution is -2.59. The summed E-state index contributed by atoms with van der Waals surface area (Å²) in [5.41, 5.74) is -0.0126. The number of piperazine rings is 1. The molecule has 11 heteroatoms. The molecule has 178 valence electrons. The number of rotatable bonds is 8. The Hall–Kier alpha value is -0.210. The second-order valence-corrected chi connectivity index (χ2v) is 10.5. The maximum absolute atomic E-state index is 12.5. The number of guanidine groups is 1. The number of halogens is 1. The average Bonchev–Trinajstić information content (AvgIpc) is 2.69. The van der Waals surface area contributed by atoms with Crippen LogP contribution in [0.25, 0.3) is 0 Å². The highest BCUT2D eigenvalue weighted by Gasteiger charge is 2.31. The molecule has 0 unspecified atom stereocenters. The van der Waals surface area contributed by atoms with Crippen molar-refractivity contribution in [3.8, 4) is 0 Å². The van der Waals surface area contributed by atoms with Gasteiger partial charge >= 0.3 is 0 Å². The molecule has 2 fully saturated rings. The highest BCUT2D eigenvalue weighted by atomic mass is 127. The normalized spacial score (nSPS) is 20.3. The van der Waals surface area contributed by atoms with E-state index in [9.17, 15) is 8.42 Å². The van der Waals surface area contributed by atoms with Gasteiger partial charge in [-0.25, -0.2) is 8.42 Å². The van der Waals surface area contributed by atoms with Crippen LogP contribution in [0.1, 0.15) is 27.7 Å². The first-order chi connectivity index (χ1) is 13.7. The van der Waals surface area contributed by atoms with Gasteiger partial charge in [0.2, 0.25) is 10.0 Å². The third-order valence-corrected chi connectivity index (χ3v) is 7.32. The summed E-state index contributed by atoms with van der Waals surface area (Å²) in [5.74, 6) is 0.859. The molecule has 2 saturated heterocycles. The Bertz CT molecular complexity index is 631. The third kappa shape index (κ3) is 8.38. The van der Waals surface area contributed by atoms with Gasteiger partial charge in [-0.05, 0) is 27.7 Å². The van der Waals surface area contributed by atoms with Crippen LogP contribution in [0.3, 0.4) is 0 Å². The molecule has 0 amide bonds. The molecule has 0 spiro atoms. The van der Waals surface area contributed by atoms with E-state index in [0.29, 0.717) is 26.2 Å². The van der Waals surface area contributed by atoms with E-state index in [4.69, 9.17) is 9.47 Å². The topological polar surface area (TPSA) is 86.7 Å². The summed E-state index contributed by atoms with van der Waals surface area (Å²) < 4.78 is 37.4. The summed E-state index contributed by atoms with van der Waals surface area (Å²) in [6.07, 6.45) is 0.0400. The zero-order chi connectivity index (χ0) is 21.5. The van der Waals surface area contributed by atoms with Gasteiger partial charge in [-0.2, -0.15) is 4.31 Å². The van der Waals surface area contributed by atoms with E-state index in [-0.39, 0.29) is 48.0 Å². The largest absolute Gasteiger partial charge is 0.379 e.